The number of nitrogens with zero attached hydrogens (tertiary/aromatic N) is 3. The molecule has 1 aromatic carbocycles. The number of hydrogen-bond acceptors (Lipinski definition) is 3. The lowest BCUT2D eigenvalue weighted by Crippen LogP contribution is -2.48. The van der Waals surface area contributed by atoms with Crippen molar-refractivity contribution in [1.29, 1.82) is 0 Å². The zero-order valence-electron chi connectivity index (χ0n) is 18.0. The van der Waals surface area contributed by atoms with Crippen molar-refractivity contribution in [2.75, 3.05) is 45.8 Å². The third-order valence-electron chi connectivity index (χ3n) is 5.32. The van der Waals surface area contributed by atoms with Crippen LogP contribution in [0.4, 0.5) is 0 Å². The van der Waals surface area contributed by atoms with Crippen LogP contribution in [0.15, 0.2) is 35.3 Å². The Hall–Kier alpha value is -0.860. The van der Waals surface area contributed by atoms with Crippen LogP contribution in [0.5, 0.6) is 0 Å². The summed E-state index contributed by atoms with van der Waals surface area (Å²) in [5, 5.41) is 7.06. The second kappa shape index (κ2) is 15.0. The Kier molecular flexibility index (Phi) is 13.5. The standard InChI is InChI=1S/C22H39N5.HI/c1-4-23-22(24-15-10-16-26(5-2)6-3)25-21-13-17-27(18-14-21)19-20-11-8-7-9-12-20;/h7-9,11-12,21H,4-6,10,13-19H2,1-3H3,(H2,23,24,25);1H. The molecule has 6 heteroatoms. The highest BCUT2D eigenvalue weighted by Gasteiger charge is 2.19. The molecule has 1 fully saturated rings. The summed E-state index contributed by atoms with van der Waals surface area (Å²) >= 11 is 0. The van der Waals surface area contributed by atoms with E-state index < -0.39 is 0 Å². The maximum absolute atomic E-state index is 4.79. The summed E-state index contributed by atoms with van der Waals surface area (Å²) in [6.07, 6.45) is 3.47. The monoisotopic (exact) mass is 501 g/mol. The van der Waals surface area contributed by atoms with E-state index in [9.17, 15) is 0 Å². The van der Waals surface area contributed by atoms with Gasteiger partial charge in [0.1, 0.15) is 0 Å². The molecule has 1 aliphatic heterocycles. The fourth-order valence-corrected chi connectivity index (χ4v) is 3.62. The van der Waals surface area contributed by atoms with E-state index in [1.54, 1.807) is 0 Å². The zero-order valence-corrected chi connectivity index (χ0v) is 20.3. The topological polar surface area (TPSA) is 42.9 Å². The Morgan fingerprint density at radius 1 is 1.11 bits per heavy atom. The number of piperidine rings is 1. The molecule has 28 heavy (non-hydrogen) atoms. The lowest BCUT2D eigenvalue weighted by Gasteiger charge is -2.33. The van der Waals surface area contributed by atoms with Gasteiger partial charge in [-0.3, -0.25) is 9.89 Å². The predicted molar refractivity (Wildman–Crippen MR) is 132 cm³/mol. The molecular formula is C22H40IN5. The number of hydrogen-bond donors (Lipinski definition) is 2. The van der Waals surface area contributed by atoms with Crippen LogP contribution in [0, 0.1) is 0 Å². The second-order valence-corrected chi connectivity index (χ2v) is 7.32. The molecule has 0 atom stereocenters. The molecule has 0 amide bonds. The van der Waals surface area contributed by atoms with E-state index >= 15 is 0 Å². The smallest absolute Gasteiger partial charge is 0.191 e. The maximum atomic E-state index is 4.79. The lowest BCUT2D eigenvalue weighted by atomic mass is 10.0. The van der Waals surface area contributed by atoms with Crippen LogP contribution in [0.3, 0.4) is 0 Å². The van der Waals surface area contributed by atoms with Crippen molar-refractivity contribution in [1.82, 2.24) is 20.4 Å². The van der Waals surface area contributed by atoms with Crippen molar-refractivity contribution in [2.24, 2.45) is 4.99 Å². The van der Waals surface area contributed by atoms with Gasteiger partial charge in [-0.05, 0) is 51.4 Å². The molecule has 1 aliphatic rings. The summed E-state index contributed by atoms with van der Waals surface area (Å²) in [6, 6.07) is 11.3. The average Bonchev–Trinajstić information content (AvgIpc) is 2.70. The lowest BCUT2D eigenvalue weighted by molar-refractivity contribution is 0.198. The van der Waals surface area contributed by atoms with Crippen molar-refractivity contribution in [3.8, 4) is 0 Å². The zero-order chi connectivity index (χ0) is 19.3. The van der Waals surface area contributed by atoms with Gasteiger partial charge >= 0.3 is 0 Å². The molecule has 0 spiro atoms. The SMILES string of the molecule is CCNC(=NCCCN(CC)CC)NC1CCN(Cc2ccccc2)CC1.I. The first-order valence-corrected chi connectivity index (χ1v) is 10.8. The Labute approximate surface area is 189 Å². The minimum Gasteiger partial charge on any atom is -0.357 e. The van der Waals surface area contributed by atoms with Crippen LogP contribution in [0.2, 0.25) is 0 Å². The molecule has 160 valence electrons. The molecule has 1 aromatic rings. The van der Waals surface area contributed by atoms with Crippen molar-refractivity contribution in [3.05, 3.63) is 35.9 Å². The van der Waals surface area contributed by atoms with Gasteiger partial charge in [-0.2, -0.15) is 0 Å². The summed E-state index contributed by atoms with van der Waals surface area (Å²) in [6.45, 7) is 15.1. The number of rotatable bonds is 10. The molecule has 0 saturated carbocycles. The van der Waals surface area contributed by atoms with Crippen LogP contribution in [0.1, 0.15) is 45.6 Å². The number of halogens is 1. The highest BCUT2D eigenvalue weighted by atomic mass is 127. The molecule has 2 rings (SSSR count). The van der Waals surface area contributed by atoms with Crippen LogP contribution >= 0.6 is 24.0 Å². The van der Waals surface area contributed by atoms with E-state index in [2.05, 4.69) is 71.5 Å². The molecule has 0 aliphatic carbocycles. The van der Waals surface area contributed by atoms with Crippen molar-refractivity contribution >= 4 is 29.9 Å². The highest BCUT2D eigenvalue weighted by molar-refractivity contribution is 14.0. The predicted octanol–water partition coefficient (Wildman–Crippen LogP) is 3.56. The van der Waals surface area contributed by atoms with E-state index in [0.717, 1.165) is 64.7 Å². The maximum Gasteiger partial charge on any atom is 0.191 e. The van der Waals surface area contributed by atoms with Gasteiger partial charge in [0.15, 0.2) is 5.96 Å². The third-order valence-corrected chi connectivity index (χ3v) is 5.32. The van der Waals surface area contributed by atoms with Gasteiger partial charge in [-0.1, -0.05) is 44.2 Å². The van der Waals surface area contributed by atoms with Crippen molar-refractivity contribution < 1.29 is 0 Å². The first-order valence-electron chi connectivity index (χ1n) is 10.8. The first kappa shape index (κ1) is 25.2. The minimum absolute atomic E-state index is 0. The average molecular weight is 502 g/mol. The minimum atomic E-state index is 0. The van der Waals surface area contributed by atoms with E-state index in [4.69, 9.17) is 4.99 Å². The molecule has 0 radical (unpaired) electrons. The fourth-order valence-electron chi connectivity index (χ4n) is 3.62. The Bertz CT molecular complexity index is 525. The number of guanidine groups is 1. The Balaban J connectivity index is 0.00000392. The Morgan fingerprint density at radius 3 is 2.39 bits per heavy atom. The Morgan fingerprint density at radius 2 is 1.79 bits per heavy atom. The normalized spacial score (nSPS) is 16.1. The third kappa shape index (κ3) is 9.56. The number of likely N-dealkylation sites (tertiary alicyclic amines) is 1. The van der Waals surface area contributed by atoms with Crippen molar-refractivity contribution in [2.45, 2.75) is 52.6 Å². The van der Waals surface area contributed by atoms with Gasteiger partial charge in [0.05, 0.1) is 0 Å². The summed E-state index contributed by atoms with van der Waals surface area (Å²) in [5.74, 6) is 0.985. The van der Waals surface area contributed by atoms with Gasteiger partial charge in [0, 0.05) is 38.8 Å². The van der Waals surface area contributed by atoms with Crippen LogP contribution in [-0.4, -0.2) is 67.6 Å². The molecule has 0 aromatic heterocycles. The number of nitrogens with one attached hydrogen (secondary N) is 2. The van der Waals surface area contributed by atoms with Crippen LogP contribution in [-0.2, 0) is 6.54 Å². The summed E-state index contributed by atoms with van der Waals surface area (Å²) in [5.41, 5.74) is 1.41. The fraction of sp³-hybridized carbons (Fsp3) is 0.682. The molecule has 5 nitrogen and oxygen atoms in total. The van der Waals surface area contributed by atoms with Crippen molar-refractivity contribution in [3.63, 3.8) is 0 Å². The van der Waals surface area contributed by atoms with Gasteiger partial charge in [0.25, 0.3) is 0 Å². The number of aliphatic imine (C=N–C) groups is 1. The second-order valence-electron chi connectivity index (χ2n) is 7.32. The first-order chi connectivity index (χ1) is 13.2. The van der Waals surface area contributed by atoms with E-state index in [0.29, 0.717) is 6.04 Å². The van der Waals surface area contributed by atoms with Gasteiger partial charge in [0.2, 0.25) is 0 Å². The molecule has 1 saturated heterocycles. The number of benzene rings is 1. The van der Waals surface area contributed by atoms with Crippen LogP contribution < -0.4 is 10.6 Å². The van der Waals surface area contributed by atoms with Gasteiger partial charge in [-0.15, -0.1) is 24.0 Å². The summed E-state index contributed by atoms with van der Waals surface area (Å²) < 4.78 is 0. The molecular weight excluding hydrogens is 461 g/mol. The van der Waals surface area contributed by atoms with E-state index in [1.165, 1.54) is 18.4 Å². The highest BCUT2D eigenvalue weighted by Crippen LogP contribution is 2.13. The van der Waals surface area contributed by atoms with Gasteiger partial charge in [-0.25, -0.2) is 0 Å². The largest absolute Gasteiger partial charge is 0.357 e. The van der Waals surface area contributed by atoms with E-state index in [1.807, 2.05) is 0 Å². The summed E-state index contributed by atoms with van der Waals surface area (Å²) in [7, 11) is 0. The molecule has 1 heterocycles. The van der Waals surface area contributed by atoms with Gasteiger partial charge < -0.3 is 15.5 Å². The van der Waals surface area contributed by atoms with E-state index in [-0.39, 0.29) is 24.0 Å². The quantitative estimate of drug-likeness (QED) is 0.223. The van der Waals surface area contributed by atoms with Crippen LogP contribution in [0.25, 0.3) is 0 Å². The molecule has 0 bridgehead atoms. The molecule has 0 unspecified atom stereocenters. The molecule has 2 N–H and O–H groups in total. The summed E-state index contributed by atoms with van der Waals surface area (Å²) in [4.78, 5) is 9.80.